The normalized spacial score (nSPS) is 12.0. The van der Waals surface area contributed by atoms with E-state index in [1.54, 1.807) is 36.4 Å². The lowest BCUT2D eigenvalue weighted by Gasteiger charge is -2.33. The summed E-state index contributed by atoms with van der Waals surface area (Å²) in [6.07, 6.45) is 0.980. The summed E-state index contributed by atoms with van der Waals surface area (Å²) in [5.74, 6) is -0.709. The number of sulfonamides is 1. The third-order valence-electron chi connectivity index (χ3n) is 6.70. The van der Waals surface area contributed by atoms with Crippen molar-refractivity contribution in [2.45, 2.75) is 64.9 Å². The molecule has 0 fully saturated rings. The van der Waals surface area contributed by atoms with Crippen molar-refractivity contribution < 1.29 is 18.0 Å². The first-order valence-corrected chi connectivity index (χ1v) is 14.9. The van der Waals surface area contributed by atoms with Gasteiger partial charge in [-0.15, -0.1) is 0 Å². The second-order valence-electron chi connectivity index (χ2n) is 9.64. The van der Waals surface area contributed by atoms with E-state index in [1.165, 1.54) is 9.21 Å². The Morgan fingerprint density at radius 2 is 1.56 bits per heavy atom. The lowest BCUT2D eigenvalue weighted by molar-refractivity contribution is -0.140. The Hall–Kier alpha value is -3.65. The van der Waals surface area contributed by atoms with E-state index in [-0.39, 0.29) is 17.3 Å². The highest BCUT2D eigenvalue weighted by Crippen LogP contribution is 2.28. The third-order valence-corrected chi connectivity index (χ3v) is 8.48. The second-order valence-corrected chi connectivity index (χ2v) is 11.5. The number of benzene rings is 3. The van der Waals surface area contributed by atoms with E-state index in [1.807, 2.05) is 71.0 Å². The highest BCUT2D eigenvalue weighted by molar-refractivity contribution is 7.92. The van der Waals surface area contributed by atoms with E-state index < -0.39 is 28.5 Å². The predicted octanol–water partition coefficient (Wildman–Crippen LogP) is 5.00. The molecule has 1 N–H and O–H groups in total. The topological polar surface area (TPSA) is 86.8 Å². The van der Waals surface area contributed by atoms with E-state index in [0.29, 0.717) is 25.1 Å². The van der Waals surface area contributed by atoms with Crippen molar-refractivity contribution >= 4 is 27.5 Å². The summed E-state index contributed by atoms with van der Waals surface area (Å²) in [6.45, 7) is 9.66. The molecule has 3 aromatic rings. The van der Waals surface area contributed by atoms with Crippen molar-refractivity contribution in [2.24, 2.45) is 0 Å². The molecule has 2 amide bonds. The highest BCUT2D eigenvalue weighted by Gasteiger charge is 2.34. The number of likely N-dealkylation sites (N-methyl/N-ethyl adjacent to an activating group) is 1. The van der Waals surface area contributed by atoms with Crippen molar-refractivity contribution in [3.63, 3.8) is 0 Å². The number of hydrogen-bond donors (Lipinski definition) is 1. The van der Waals surface area contributed by atoms with Crippen LogP contribution in [0.5, 0.6) is 0 Å². The Bertz CT molecular complexity index is 1390. The largest absolute Gasteiger partial charge is 0.355 e. The van der Waals surface area contributed by atoms with Gasteiger partial charge in [0.1, 0.15) is 12.6 Å². The molecule has 0 radical (unpaired) electrons. The molecular formula is C31H39N3O4S. The molecule has 0 saturated carbocycles. The molecule has 1 atom stereocenters. The molecule has 8 heteroatoms. The lowest BCUT2D eigenvalue weighted by atomic mass is 10.1. The molecule has 1 unspecified atom stereocenters. The van der Waals surface area contributed by atoms with Crippen molar-refractivity contribution in [3.05, 3.63) is 95.1 Å². The Kier molecular flexibility index (Phi) is 10.3. The van der Waals surface area contributed by atoms with E-state index in [2.05, 4.69) is 5.32 Å². The molecule has 0 bridgehead atoms. The van der Waals surface area contributed by atoms with Crippen LogP contribution in [0.25, 0.3) is 0 Å². The molecule has 0 heterocycles. The second kappa shape index (κ2) is 13.4. The van der Waals surface area contributed by atoms with Gasteiger partial charge in [0.15, 0.2) is 0 Å². The van der Waals surface area contributed by atoms with Crippen molar-refractivity contribution in [2.75, 3.05) is 17.4 Å². The van der Waals surface area contributed by atoms with Crippen LogP contribution in [0.3, 0.4) is 0 Å². The Morgan fingerprint density at radius 1 is 0.872 bits per heavy atom. The molecule has 0 aromatic heterocycles. The average Bonchev–Trinajstić information content (AvgIpc) is 2.91. The third kappa shape index (κ3) is 7.26. The first-order chi connectivity index (χ1) is 18.6. The Labute approximate surface area is 232 Å². The fourth-order valence-corrected chi connectivity index (χ4v) is 6.07. The predicted molar refractivity (Wildman–Crippen MR) is 156 cm³/mol. The molecule has 0 aliphatic rings. The maximum atomic E-state index is 14.1. The molecule has 0 aliphatic carbocycles. The minimum absolute atomic E-state index is 0.104. The molecule has 7 nitrogen and oxygen atoms in total. The molecule has 0 aliphatic heterocycles. The SMILES string of the molecule is CCNC(=O)C(CC)N(Cc1cccc(C)c1)C(=O)CN(c1ccccc1CC)S(=O)(=O)c1ccc(C)cc1. The van der Waals surface area contributed by atoms with Gasteiger partial charge < -0.3 is 10.2 Å². The summed E-state index contributed by atoms with van der Waals surface area (Å²) >= 11 is 0. The minimum atomic E-state index is -4.09. The van der Waals surface area contributed by atoms with E-state index in [0.717, 1.165) is 22.3 Å². The Morgan fingerprint density at radius 3 is 2.18 bits per heavy atom. The molecule has 3 aromatic carbocycles. The number of nitrogens with one attached hydrogen (secondary N) is 1. The van der Waals surface area contributed by atoms with Gasteiger partial charge >= 0.3 is 0 Å². The van der Waals surface area contributed by atoms with Gasteiger partial charge in [-0.1, -0.05) is 79.6 Å². The zero-order chi connectivity index (χ0) is 28.6. The molecule has 0 spiro atoms. The molecular weight excluding hydrogens is 510 g/mol. The highest BCUT2D eigenvalue weighted by atomic mass is 32.2. The Balaban J connectivity index is 2.10. The monoisotopic (exact) mass is 549 g/mol. The van der Waals surface area contributed by atoms with Crippen LogP contribution >= 0.6 is 0 Å². The van der Waals surface area contributed by atoms with Crippen molar-refractivity contribution in [1.82, 2.24) is 10.2 Å². The maximum absolute atomic E-state index is 14.1. The van der Waals surface area contributed by atoms with Gasteiger partial charge in [0.05, 0.1) is 10.6 Å². The van der Waals surface area contributed by atoms with Crippen LogP contribution in [0, 0.1) is 13.8 Å². The number of carbonyl (C=O) groups excluding carboxylic acids is 2. The van der Waals surface area contributed by atoms with Gasteiger partial charge in [-0.2, -0.15) is 0 Å². The van der Waals surface area contributed by atoms with Gasteiger partial charge in [-0.05, 0) is 62.9 Å². The zero-order valence-corrected chi connectivity index (χ0v) is 24.3. The van der Waals surface area contributed by atoms with Crippen LogP contribution in [0.1, 0.15) is 49.4 Å². The van der Waals surface area contributed by atoms with E-state index in [4.69, 9.17) is 0 Å². The van der Waals surface area contributed by atoms with Crippen LogP contribution in [-0.4, -0.2) is 44.3 Å². The lowest BCUT2D eigenvalue weighted by Crippen LogP contribution is -2.52. The number of amides is 2. The van der Waals surface area contributed by atoms with E-state index >= 15 is 0 Å². The van der Waals surface area contributed by atoms with Crippen LogP contribution in [0.2, 0.25) is 0 Å². The number of aryl methyl sites for hydroxylation is 3. The zero-order valence-electron chi connectivity index (χ0n) is 23.5. The quantitative estimate of drug-likeness (QED) is 0.344. The molecule has 0 saturated heterocycles. The van der Waals surface area contributed by atoms with Gasteiger partial charge in [0.2, 0.25) is 11.8 Å². The summed E-state index contributed by atoms with van der Waals surface area (Å²) < 4.78 is 29.2. The fraction of sp³-hybridized carbons (Fsp3) is 0.355. The first kappa shape index (κ1) is 29.9. The number of carbonyl (C=O) groups is 2. The smallest absolute Gasteiger partial charge is 0.264 e. The van der Waals surface area contributed by atoms with Gasteiger partial charge in [0, 0.05) is 13.1 Å². The number of nitrogens with zero attached hydrogens (tertiary/aromatic N) is 2. The molecule has 3 rings (SSSR count). The number of para-hydroxylation sites is 1. The standard InChI is InChI=1S/C31H39N3O4S/c1-6-26-14-9-10-15-29(26)34(39(37,38)27-18-16-23(4)17-19-27)22-30(35)33(28(7-2)31(36)32-8-3)21-25-13-11-12-24(5)20-25/h9-20,28H,6-8,21-22H2,1-5H3,(H,32,36). The number of rotatable bonds is 12. The summed E-state index contributed by atoms with van der Waals surface area (Å²) in [6, 6.07) is 20.8. The van der Waals surface area contributed by atoms with Crippen LogP contribution < -0.4 is 9.62 Å². The summed E-state index contributed by atoms with van der Waals surface area (Å²) in [7, 11) is -4.09. The van der Waals surface area contributed by atoms with Crippen LogP contribution in [0.15, 0.2) is 77.7 Å². The minimum Gasteiger partial charge on any atom is -0.355 e. The first-order valence-electron chi connectivity index (χ1n) is 13.4. The van der Waals surface area contributed by atoms with Crippen molar-refractivity contribution in [3.8, 4) is 0 Å². The van der Waals surface area contributed by atoms with Crippen LogP contribution in [-0.2, 0) is 32.6 Å². The summed E-state index contributed by atoms with van der Waals surface area (Å²) in [5, 5.41) is 2.83. The molecule has 208 valence electrons. The summed E-state index contributed by atoms with van der Waals surface area (Å²) in [5.41, 5.74) is 4.10. The van der Waals surface area contributed by atoms with Gasteiger partial charge in [-0.25, -0.2) is 8.42 Å². The van der Waals surface area contributed by atoms with E-state index in [9.17, 15) is 18.0 Å². The van der Waals surface area contributed by atoms with Crippen LogP contribution in [0.4, 0.5) is 5.69 Å². The van der Waals surface area contributed by atoms with Crippen molar-refractivity contribution in [1.29, 1.82) is 0 Å². The number of hydrogen-bond acceptors (Lipinski definition) is 4. The number of anilines is 1. The molecule has 39 heavy (non-hydrogen) atoms. The van der Waals surface area contributed by atoms with Gasteiger partial charge in [-0.3, -0.25) is 13.9 Å². The van der Waals surface area contributed by atoms with Gasteiger partial charge in [0.25, 0.3) is 10.0 Å². The fourth-order valence-electron chi connectivity index (χ4n) is 4.62. The summed E-state index contributed by atoms with van der Waals surface area (Å²) in [4.78, 5) is 28.8. The average molecular weight is 550 g/mol. The maximum Gasteiger partial charge on any atom is 0.264 e.